The number of aryl methyl sites for hydroxylation is 4. The molecular weight excluding hydrogens is 1020 g/mol. The molecule has 0 saturated heterocycles. The van der Waals surface area contributed by atoms with Crippen molar-refractivity contribution in [2.24, 2.45) is 0 Å². The van der Waals surface area contributed by atoms with E-state index in [1.807, 2.05) is 24.5 Å². The fourth-order valence-corrected chi connectivity index (χ4v) is 13.4. The molecule has 7 aromatic heterocycles. The first-order chi connectivity index (χ1) is 41.3. The zero-order valence-electron chi connectivity index (χ0n) is 46.8. The van der Waals surface area contributed by atoms with Gasteiger partial charge in [0.25, 0.3) is 0 Å². The van der Waals surface area contributed by atoms with Gasteiger partial charge in [0.2, 0.25) is 0 Å². The molecule has 0 aliphatic heterocycles. The van der Waals surface area contributed by atoms with Crippen molar-refractivity contribution in [3.05, 3.63) is 272 Å². The molecule has 0 spiro atoms. The van der Waals surface area contributed by atoms with Crippen LogP contribution in [0.1, 0.15) is 23.0 Å². The highest BCUT2D eigenvalue weighted by molar-refractivity contribution is 6.14. The van der Waals surface area contributed by atoms with E-state index in [1.165, 1.54) is 11.1 Å². The highest BCUT2D eigenvalue weighted by Gasteiger charge is 2.22. The fraction of sp³-hybridized carbons (Fsp3) is 0.0519. The molecular formula is C77H53N7. The Kier molecular flexibility index (Phi) is 11.3. The van der Waals surface area contributed by atoms with Crippen LogP contribution in [0.15, 0.2) is 249 Å². The van der Waals surface area contributed by atoms with E-state index in [1.54, 1.807) is 0 Å². The summed E-state index contributed by atoms with van der Waals surface area (Å²) in [6.45, 7) is 8.39. The van der Waals surface area contributed by atoms with Gasteiger partial charge in [-0.25, -0.2) is 15.0 Å². The van der Waals surface area contributed by atoms with Gasteiger partial charge in [-0.3, -0.25) is 18.8 Å². The van der Waals surface area contributed by atoms with Crippen LogP contribution in [0.3, 0.4) is 0 Å². The van der Waals surface area contributed by atoms with Crippen LogP contribution in [0.2, 0.25) is 0 Å². The maximum absolute atomic E-state index is 5.21. The molecule has 0 saturated carbocycles. The molecule has 396 valence electrons. The third kappa shape index (κ3) is 7.84. The number of pyridine rings is 5. The Labute approximate surface area is 485 Å². The number of rotatable bonds is 8. The average molecular weight is 1080 g/mol. The largest absolute Gasteiger partial charge is 0.294 e. The van der Waals surface area contributed by atoms with Crippen LogP contribution in [0.5, 0.6) is 0 Å². The Morgan fingerprint density at radius 1 is 0.274 bits per heavy atom. The number of fused-ring (bicyclic) bond motifs is 13. The van der Waals surface area contributed by atoms with Gasteiger partial charge in [0.1, 0.15) is 11.6 Å². The molecule has 0 N–H and O–H groups in total. The number of nitrogens with zero attached hydrogens (tertiary/aromatic N) is 7. The van der Waals surface area contributed by atoms with Crippen LogP contribution in [-0.2, 0) is 0 Å². The summed E-state index contributed by atoms with van der Waals surface area (Å²) >= 11 is 0. The van der Waals surface area contributed by atoms with Crippen LogP contribution in [0.25, 0.3) is 155 Å². The van der Waals surface area contributed by atoms with Crippen LogP contribution >= 0.6 is 0 Å². The molecule has 16 aromatic rings. The Morgan fingerprint density at radius 2 is 0.679 bits per heavy atom. The Bertz CT molecular complexity index is 5140. The van der Waals surface area contributed by atoms with Gasteiger partial charge < -0.3 is 0 Å². The number of hydrogen-bond acceptors (Lipinski definition) is 5. The molecule has 7 heterocycles. The molecule has 16 rings (SSSR count). The number of para-hydroxylation sites is 1. The van der Waals surface area contributed by atoms with Gasteiger partial charge in [0.05, 0.1) is 55.7 Å². The fourth-order valence-electron chi connectivity index (χ4n) is 13.4. The van der Waals surface area contributed by atoms with Crippen LogP contribution < -0.4 is 0 Å². The molecule has 84 heavy (non-hydrogen) atoms. The number of benzene rings is 9. The summed E-state index contributed by atoms with van der Waals surface area (Å²) in [5, 5.41) is 5.60. The molecule has 0 aliphatic rings. The van der Waals surface area contributed by atoms with E-state index in [9.17, 15) is 0 Å². The summed E-state index contributed by atoms with van der Waals surface area (Å²) in [6.07, 6.45) is 3.77. The van der Waals surface area contributed by atoms with Crippen molar-refractivity contribution >= 4 is 65.5 Å². The summed E-state index contributed by atoms with van der Waals surface area (Å²) in [5.74, 6) is 1.89. The van der Waals surface area contributed by atoms with E-state index in [0.717, 1.165) is 167 Å². The van der Waals surface area contributed by atoms with Gasteiger partial charge in [-0.15, -0.1) is 0 Å². The first kappa shape index (κ1) is 49.0. The van der Waals surface area contributed by atoms with Crippen molar-refractivity contribution in [2.75, 3.05) is 0 Å². The maximum Gasteiger partial charge on any atom is 0.110 e. The Balaban J connectivity index is 0.882. The first-order valence-electron chi connectivity index (χ1n) is 28.6. The maximum atomic E-state index is 5.21. The standard InChI is InChI=1S/C77H53N7/c1-46-76-68-43-53(34-36-65(68)74-72(28-16-38-78-74)83(76)48(3)80-46)59-21-9-12-24-62(59)56-40-55(61-23-11-8-20-58(61)51-30-32-52(33-31-51)71-45-67(50-18-6-5-7-19-50)64-26-14-15-27-70(64)82-71)41-57(42-56)63-25-13-10-22-60(63)54-35-37-66-69(44-54)77-47(2)81-49(4)84(77)73-29-17-39-79-75(66)73/h5-45H,1-4H3. The van der Waals surface area contributed by atoms with Crippen LogP contribution in [-0.4, -0.2) is 33.7 Å². The molecule has 0 unspecified atom stereocenters. The Hall–Kier alpha value is -10.9. The van der Waals surface area contributed by atoms with Crippen LogP contribution in [0.4, 0.5) is 0 Å². The zero-order chi connectivity index (χ0) is 56.2. The van der Waals surface area contributed by atoms with Gasteiger partial charge in [-0.2, -0.15) is 0 Å². The predicted molar refractivity (Wildman–Crippen MR) is 347 cm³/mol. The van der Waals surface area contributed by atoms with E-state index < -0.39 is 0 Å². The quantitative estimate of drug-likeness (QED) is 0.142. The minimum Gasteiger partial charge on any atom is -0.294 e. The third-order valence-corrected chi connectivity index (χ3v) is 17.1. The lowest BCUT2D eigenvalue weighted by Crippen LogP contribution is -1.96. The lowest BCUT2D eigenvalue weighted by molar-refractivity contribution is 1.07. The van der Waals surface area contributed by atoms with Gasteiger partial charge in [0.15, 0.2) is 0 Å². The predicted octanol–water partition coefficient (Wildman–Crippen LogP) is 19.5. The van der Waals surface area contributed by atoms with Crippen molar-refractivity contribution in [1.82, 2.24) is 33.7 Å². The summed E-state index contributed by atoms with van der Waals surface area (Å²) in [7, 11) is 0. The molecule has 0 fully saturated rings. The van der Waals surface area contributed by atoms with Crippen molar-refractivity contribution < 1.29 is 0 Å². The minimum atomic E-state index is 0.939. The summed E-state index contributed by atoms with van der Waals surface area (Å²) < 4.78 is 4.54. The molecule has 7 nitrogen and oxygen atoms in total. The Morgan fingerprint density at radius 3 is 1.18 bits per heavy atom. The monoisotopic (exact) mass is 1080 g/mol. The smallest absolute Gasteiger partial charge is 0.110 e. The average Bonchev–Trinajstić information content (AvgIpc) is 2.79. The van der Waals surface area contributed by atoms with Gasteiger partial charge in [-0.05, 0) is 172 Å². The topological polar surface area (TPSA) is 73.3 Å². The van der Waals surface area contributed by atoms with E-state index in [0.29, 0.717) is 0 Å². The van der Waals surface area contributed by atoms with E-state index in [-0.39, 0.29) is 0 Å². The summed E-state index contributed by atoms with van der Waals surface area (Å²) in [5.41, 5.74) is 27.1. The molecule has 0 atom stereocenters. The normalized spacial score (nSPS) is 11.8. The first-order valence-corrected chi connectivity index (χ1v) is 28.6. The van der Waals surface area contributed by atoms with Crippen molar-refractivity contribution in [1.29, 1.82) is 0 Å². The van der Waals surface area contributed by atoms with Crippen LogP contribution in [0, 0.1) is 27.7 Å². The van der Waals surface area contributed by atoms with Crippen molar-refractivity contribution in [2.45, 2.75) is 27.7 Å². The summed E-state index contributed by atoms with van der Waals surface area (Å²) in [4.78, 5) is 25.1. The highest BCUT2D eigenvalue weighted by atomic mass is 15.0. The van der Waals surface area contributed by atoms with E-state index in [4.69, 9.17) is 24.9 Å². The van der Waals surface area contributed by atoms with E-state index in [2.05, 4.69) is 261 Å². The third-order valence-electron chi connectivity index (χ3n) is 17.1. The number of hydrogen-bond donors (Lipinski definition) is 0. The minimum absolute atomic E-state index is 0.939. The zero-order valence-corrected chi connectivity index (χ0v) is 46.8. The highest BCUT2D eigenvalue weighted by Crippen LogP contribution is 2.45. The molecule has 7 heteroatoms. The van der Waals surface area contributed by atoms with E-state index >= 15 is 0 Å². The summed E-state index contributed by atoms with van der Waals surface area (Å²) in [6, 6.07) is 86.0. The lowest BCUT2D eigenvalue weighted by atomic mass is 9.86. The van der Waals surface area contributed by atoms with Gasteiger partial charge in [-0.1, -0.05) is 170 Å². The van der Waals surface area contributed by atoms with Gasteiger partial charge in [0, 0.05) is 44.9 Å². The molecule has 9 aromatic carbocycles. The van der Waals surface area contributed by atoms with Crippen molar-refractivity contribution in [3.63, 3.8) is 0 Å². The SMILES string of the molecule is Cc1nc(C)n2c3cccnc3c3ccc(-c4ccccc4-c4cc(-c5ccccc5-c5ccc(-c6cc(-c7ccccc7)c7ccccc7n6)cc5)cc(-c5ccccc5-c5ccc6c(c5)c5c(C)nc(C)n5c5cccnc65)c4)cc3c12. The molecule has 0 aliphatic carbocycles. The second-order valence-electron chi connectivity index (χ2n) is 22.1. The lowest BCUT2D eigenvalue weighted by Gasteiger charge is -2.18. The second-order valence-corrected chi connectivity index (χ2v) is 22.1. The molecule has 0 amide bonds. The van der Waals surface area contributed by atoms with Gasteiger partial charge >= 0.3 is 0 Å². The number of aromatic nitrogens is 7. The van der Waals surface area contributed by atoms with Crippen molar-refractivity contribution in [3.8, 4) is 89.1 Å². The molecule has 0 radical (unpaired) electrons. The number of imidazole rings is 2. The molecule has 0 bridgehead atoms. The second kappa shape index (κ2) is 19.4.